The van der Waals surface area contributed by atoms with Gasteiger partial charge in [-0.25, -0.2) is 10.1 Å². The van der Waals surface area contributed by atoms with Crippen molar-refractivity contribution < 1.29 is 9.90 Å². The third kappa shape index (κ3) is 3.72. The zero-order valence-electron chi connectivity index (χ0n) is 13.5. The molecule has 7 nitrogen and oxygen atoms in total. The van der Waals surface area contributed by atoms with E-state index in [1.54, 1.807) is 12.1 Å². The van der Waals surface area contributed by atoms with Crippen LogP contribution in [0.5, 0.6) is 5.75 Å². The highest BCUT2D eigenvalue weighted by atomic mass is 16.3. The standard InChI is InChI=1S/C18H17N5O2/c1-2-6-13-7-5-8-14(18(13)25)11-19-21-17(24)12-23-16-10-4-3-9-15(16)20-22-23/h2-5,7-11,25H,1,6,12H2,(H,21,24)/b19-11+. The number of hydrazone groups is 1. The van der Waals surface area contributed by atoms with Crippen molar-refractivity contribution in [3.05, 3.63) is 66.2 Å². The number of amides is 1. The summed E-state index contributed by atoms with van der Waals surface area (Å²) in [5.41, 5.74) is 5.19. The lowest BCUT2D eigenvalue weighted by Gasteiger charge is -2.05. The first kappa shape index (κ1) is 16.4. The molecule has 126 valence electrons. The van der Waals surface area contributed by atoms with E-state index in [0.717, 1.165) is 16.6 Å². The lowest BCUT2D eigenvalue weighted by molar-refractivity contribution is -0.121. The summed E-state index contributed by atoms with van der Waals surface area (Å²) in [4.78, 5) is 12.0. The third-order valence-corrected chi connectivity index (χ3v) is 3.62. The van der Waals surface area contributed by atoms with Gasteiger partial charge < -0.3 is 5.11 Å². The first-order valence-corrected chi connectivity index (χ1v) is 7.71. The Kier molecular flexibility index (Phi) is 4.84. The lowest BCUT2D eigenvalue weighted by atomic mass is 10.1. The van der Waals surface area contributed by atoms with Crippen molar-refractivity contribution in [1.82, 2.24) is 20.4 Å². The van der Waals surface area contributed by atoms with Gasteiger partial charge in [0.25, 0.3) is 5.91 Å². The Bertz CT molecular complexity index is 946. The topological polar surface area (TPSA) is 92.4 Å². The molecule has 0 aliphatic carbocycles. The zero-order valence-corrected chi connectivity index (χ0v) is 13.5. The summed E-state index contributed by atoms with van der Waals surface area (Å²) in [5.74, 6) is -0.212. The van der Waals surface area contributed by atoms with Crippen LogP contribution in [0, 0.1) is 0 Å². The third-order valence-electron chi connectivity index (χ3n) is 3.62. The molecule has 3 aromatic rings. The molecule has 1 aromatic heterocycles. The van der Waals surface area contributed by atoms with Crippen molar-refractivity contribution in [2.75, 3.05) is 0 Å². The minimum Gasteiger partial charge on any atom is -0.507 e. The maximum atomic E-state index is 12.0. The number of hydrogen-bond donors (Lipinski definition) is 2. The highest BCUT2D eigenvalue weighted by Gasteiger charge is 2.08. The molecule has 7 heteroatoms. The van der Waals surface area contributed by atoms with Gasteiger partial charge in [0.1, 0.15) is 17.8 Å². The smallest absolute Gasteiger partial charge is 0.261 e. The van der Waals surface area contributed by atoms with Gasteiger partial charge in [-0.2, -0.15) is 5.10 Å². The Hall–Kier alpha value is -3.48. The fourth-order valence-electron chi connectivity index (χ4n) is 2.41. The number of aromatic nitrogens is 3. The predicted molar refractivity (Wildman–Crippen MR) is 95.3 cm³/mol. The maximum absolute atomic E-state index is 12.0. The van der Waals surface area contributed by atoms with Crippen LogP contribution in [0.1, 0.15) is 11.1 Å². The average Bonchev–Trinajstić information content (AvgIpc) is 3.01. The van der Waals surface area contributed by atoms with E-state index in [9.17, 15) is 9.90 Å². The number of nitrogens with one attached hydrogen (secondary N) is 1. The molecule has 0 saturated heterocycles. The second kappa shape index (κ2) is 7.39. The minimum absolute atomic E-state index is 0.000337. The van der Waals surface area contributed by atoms with Gasteiger partial charge in [-0.1, -0.05) is 35.6 Å². The summed E-state index contributed by atoms with van der Waals surface area (Å²) in [6.45, 7) is 3.65. The van der Waals surface area contributed by atoms with Crippen LogP contribution in [0.2, 0.25) is 0 Å². The fourth-order valence-corrected chi connectivity index (χ4v) is 2.41. The summed E-state index contributed by atoms with van der Waals surface area (Å²) in [5, 5.41) is 22.0. The number of hydrogen-bond acceptors (Lipinski definition) is 5. The number of rotatable bonds is 6. The number of para-hydroxylation sites is 2. The van der Waals surface area contributed by atoms with Gasteiger partial charge in [-0.3, -0.25) is 4.79 Å². The molecular weight excluding hydrogens is 318 g/mol. The summed E-state index contributed by atoms with van der Waals surface area (Å²) < 4.78 is 1.50. The molecule has 0 saturated carbocycles. The molecule has 0 atom stereocenters. The monoisotopic (exact) mass is 335 g/mol. The Morgan fingerprint density at radius 1 is 1.28 bits per heavy atom. The second-order valence-corrected chi connectivity index (χ2v) is 5.38. The van der Waals surface area contributed by atoms with Crippen molar-refractivity contribution >= 4 is 23.2 Å². The molecule has 1 heterocycles. The molecule has 0 bridgehead atoms. The molecule has 0 radical (unpaired) electrons. The van der Waals surface area contributed by atoms with E-state index < -0.39 is 0 Å². The molecule has 0 unspecified atom stereocenters. The number of benzene rings is 2. The van der Waals surface area contributed by atoms with E-state index in [2.05, 4.69) is 27.4 Å². The number of nitrogens with zero attached hydrogens (tertiary/aromatic N) is 4. The van der Waals surface area contributed by atoms with E-state index in [0.29, 0.717) is 12.0 Å². The fraction of sp³-hybridized carbons (Fsp3) is 0.111. The van der Waals surface area contributed by atoms with Crippen molar-refractivity contribution in [2.24, 2.45) is 5.10 Å². The number of phenolic OH excluding ortho intramolecular Hbond substituents is 1. The highest BCUT2D eigenvalue weighted by molar-refractivity contribution is 5.86. The van der Waals surface area contributed by atoms with Gasteiger partial charge in [-0.15, -0.1) is 11.7 Å². The van der Waals surface area contributed by atoms with Gasteiger partial charge >= 0.3 is 0 Å². The molecule has 25 heavy (non-hydrogen) atoms. The number of carbonyl (C=O) groups is 1. The Morgan fingerprint density at radius 2 is 2.12 bits per heavy atom. The van der Waals surface area contributed by atoms with Gasteiger partial charge in [0, 0.05) is 5.56 Å². The highest BCUT2D eigenvalue weighted by Crippen LogP contribution is 2.21. The average molecular weight is 335 g/mol. The normalized spacial score (nSPS) is 11.0. The van der Waals surface area contributed by atoms with Gasteiger partial charge in [-0.05, 0) is 30.2 Å². The number of carbonyl (C=O) groups excluding carboxylic acids is 1. The SMILES string of the molecule is C=CCc1cccc(/C=N/NC(=O)Cn2nnc3ccccc32)c1O. The molecular formula is C18H17N5O2. The van der Waals surface area contributed by atoms with Crippen LogP contribution in [0.3, 0.4) is 0 Å². The molecule has 0 fully saturated rings. The van der Waals surface area contributed by atoms with Crippen LogP contribution in [0.15, 0.2) is 60.2 Å². The van der Waals surface area contributed by atoms with Crippen molar-refractivity contribution in [1.29, 1.82) is 0 Å². The molecule has 0 aliphatic rings. The first-order chi connectivity index (χ1) is 12.2. The van der Waals surface area contributed by atoms with Crippen molar-refractivity contribution in [2.45, 2.75) is 13.0 Å². The number of fused-ring (bicyclic) bond motifs is 1. The van der Waals surface area contributed by atoms with Gasteiger partial charge in [0.05, 0.1) is 11.7 Å². The zero-order chi connectivity index (χ0) is 17.6. The quantitative estimate of drug-likeness (QED) is 0.409. The summed E-state index contributed by atoms with van der Waals surface area (Å²) in [6.07, 6.45) is 3.67. The van der Waals surface area contributed by atoms with Crippen LogP contribution >= 0.6 is 0 Å². The second-order valence-electron chi connectivity index (χ2n) is 5.38. The van der Waals surface area contributed by atoms with Crippen molar-refractivity contribution in [3.63, 3.8) is 0 Å². The Balaban J connectivity index is 1.65. The van der Waals surface area contributed by atoms with Crippen LogP contribution in [0.25, 0.3) is 11.0 Å². The van der Waals surface area contributed by atoms with Crippen LogP contribution < -0.4 is 5.43 Å². The number of phenols is 1. The van der Waals surface area contributed by atoms with E-state index in [4.69, 9.17) is 0 Å². The number of allylic oxidation sites excluding steroid dienone is 1. The van der Waals surface area contributed by atoms with Crippen molar-refractivity contribution in [3.8, 4) is 5.75 Å². The molecule has 1 amide bonds. The molecule has 2 aromatic carbocycles. The molecule has 2 N–H and O–H groups in total. The van der Waals surface area contributed by atoms with Gasteiger partial charge in [0.15, 0.2) is 0 Å². The van der Waals surface area contributed by atoms with Crippen LogP contribution in [0.4, 0.5) is 0 Å². The van der Waals surface area contributed by atoms with Crippen LogP contribution in [-0.2, 0) is 17.8 Å². The van der Waals surface area contributed by atoms with E-state index in [1.165, 1.54) is 10.9 Å². The largest absolute Gasteiger partial charge is 0.507 e. The van der Waals surface area contributed by atoms with E-state index >= 15 is 0 Å². The predicted octanol–water partition coefficient (Wildman–Crippen LogP) is 2.02. The Morgan fingerprint density at radius 3 is 2.96 bits per heavy atom. The minimum atomic E-state index is -0.339. The first-order valence-electron chi connectivity index (χ1n) is 7.71. The maximum Gasteiger partial charge on any atom is 0.261 e. The van der Waals surface area contributed by atoms with Crippen LogP contribution in [-0.4, -0.2) is 32.2 Å². The lowest BCUT2D eigenvalue weighted by Crippen LogP contribution is -2.23. The summed E-state index contributed by atoms with van der Waals surface area (Å²) in [7, 11) is 0. The van der Waals surface area contributed by atoms with E-state index in [1.807, 2.05) is 36.4 Å². The summed E-state index contributed by atoms with van der Waals surface area (Å²) >= 11 is 0. The number of aromatic hydroxyl groups is 1. The summed E-state index contributed by atoms with van der Waals surface area (Å²) in [6, 6.07) is 12.7. The molecule has 3 rings (SSSR count). The Labute approximate surface area is 144 Å². The van der Waals surface area contributed by atoms with Gasteiger partial charge in [0.2, 0.25) is 0 Å². The van der Waals surface area contributed by atoms with E-state index in [-0.39, 0.29) is 18.2 Å². The molecule has 0 aliphatic heterocycles. The molecule has 0 spiro atoms.